The number of aryl methyl sites for hydroxylation is 2. The van der Waals surface area contributed by atoms with E-state index in [1.165, 1.54) is 6.07 Å². The van der Waals surface area contributed by atoms with Crippen molar-refractivity contribution in [2.75, 3.05) is 0 Å². The highest BCUT2D eigenvalue weighted by atomic mass is 35.5. The van der Waals surface area contributed by atoms with Crippen LogP contribution in [0.1, 0.15) is 11.1 Å². The summed E-state index contributed by atoms with van der Waals surface area (Å²) >= 11 is 5.93. The summed E-state index contributed by atoms with van der Waals surface area (Å²) in [5.41, 5.74) is 2.24. The van der Waals surface area contributed by atoms with Crippen molar-refractivity contribution in [2.45, 2.75) is 13.8 Å². The fourth-order valence-electron chi connectivity index (χ4n) is 1.63. The Bertz CT molecular complexity index is 596. The number of pyridine rings is 1. The van der Waals surface area contributed by atoms with Crippen molar-refractivity contribution in [1.82, 2.24) is 4.98 Å². The van der Waals surface area contributed by atoms with Gasteiger partial charge in [0.2, 0.25) is 0 Å². The molecular weight excluding hydrogens is 228 g/mol. The molecule has 0 aliphatic rings. The molecule has 2 aromatic rings. The van der Waals surface area contributed by atoms with Gasteiger partial charge in [-0.1, -0.05) is 11.6 Å². The van der Waals surface area contributed by atoms with E-state index in [2.05, 4.69) is 4.98 Å². The number of nitro benzene ring substituents is 1. The Labute approximate surface area is 97.0 Å². The topological polar surface area (TPSA) is 56.0 Å². The van der Waals surface area contributed by atoms with Gasteiger partial charge in [0.25, 0.3) is 5.69 Å². The first-order valence-corrected chi connectivity index (χ1v) is 5.08. The van der Waals surface area contributed by atoms with Gasteiger partial charge in [-0.05, 0) is 31.0 Å². The van der Waals surface area contributed by atoms with Crippen LogP contribution in [0.4, 0.5) is 5.69 Å². The number of hydrogen-bond acceptors (Lipinski definition) is 3. The van der Waals surface area contributed by atoms with Crippen LogP contribution in [0, 0.1) is 24.0 Å². The Kier molecular flexibility index (Phi) is 2.52. The zero-order chi connectivity index (χ0) is 11.9. The molecule has 0 atom stereocenters. The Morgan fingerprint density at radius 2 is 2.06 bits per heavy atom. The van der Waals surface area contributed by atoms with Gasteiger partial charge in [0.05, 0.1) is 20.8 Å². The monoisotopic (exact) mass is 236 g/mol. The van der Waals surface area contributed by atoms with Crippen molar-refractivity contribution < 1.29 is 4.92 Å². The van der Waals surface area contributed by atoms with Gasteiger partial charge in [-0.2, -0.15) is 0 Å². The summed E-state index contributed by atoms with van der Waals surface area (Å²) in [6.07, 6.45) is 1.68. The standard InChI is InChI=1S/C11H9ClN2O2/c1-6-3-8-10(14(15)16)4-9(12)7(2)11(8)13-5-6/h3-5H,1-2H3. The van der Waals surface area contributed by atoms with Crippen LogP contribution >= 0.6 is 11.6 Å². The number of benzene rings is 1. The first-order valence-electron chi connectivity index (χ1n) is 4.70. The second-order valence-electron chi connectivity index (χ2n) is 3.67. The predicted molar refractivity (Wildman–Crippen MR) is 62.9 cm³/mol. The molecule has 0 saturated carbocycles. The maximum absolute atomic E-state index is 10.9. The van der Waals surface area contributed by atoms with Gasteiger partial charge in [0.1, 0.15) is 0 Å². The molecule has 0 spiro atoms. The van der Waals surface area contributed by atoms with Gasteiger partial charge < -0.3 is 0 Å². The second kappa shape index (κ2) is 3.72. The molecule has 1 aromatic heterocycles. The molecule has 2 rings (SSSR count). The minimum atomic E-state index is -0.436. The Morgan fingerprint density at radius 3 is 2.69 bits per heavy atom. The number of non-ortho nitro benzene ring substituents is 1. The molecule has 1 heterocycles. The molecule has 16 heavy (non-hydrogen) atoms. The molecule has 0 aliphatic heterocycles. The molecule has 0 fully saturated rings. The Morgan fingerprint density at radius 1 is 1.38 bits per heavy atom. The lowest BCUT2D eigenvalue weighted by Crippen LogP contribution is -1.94. The molecule has 1 aromatic carbocycles. The summed E-state index contributed by atoms with van der Waals surface area (Å²) in [6.45, 7) is 3.65. The minimum Gasteiger partial charge on any atom is -0.258 e. The Balaban J connectivity index is 2.95. The van der Waals surface area contributed by atoms with Crippen molar-refractivity contribution >= 4 is 28.2 Å². The SMILES string of the molecule is Cc1cnc2c(C)c(Cl)cc([N+](=O)[O-])c2c1. The van der Waals surface area contributed by atoms with Gasteiger partial charge in [0, 0.05) is 12.3 Å². The normalized spacial score (nSPS) is 10.7. The average molecular weight is 237 g/mol. The third kappa shape index (κ3) is 1.61. The molecule has 0 aliphatic carbocycles. The highest BCUT2D eigenvalue weighted by Crippen LogP contribution is 2.32. The fourth-order valence-corrected chi connectivity index (χ4v) is 1.83. The first-order chi connectivity index (χ1) is 7.50. The van der Waals surface area contributed by atoms with E-state index >= 15 is 0 Å². The number of fused-ring (bicyclic) bond motifs is 1. The summed E-state index contributed by atoms with van der Waals surface area (Å²) in [7, 11) is 0. The van der Waals surface area contributed by atoms with E-state index in [1.54, 1.807) is 19.2 Å². The zero-order valence-electron chi connectivity index (χ0n) is 8.82. The third-order valence-corrected chi connectivity index (χ3v) is 2.87. The maximum atomic E-state index is 10.9. The largest absolute Gasteiger partial charge is 0.280 e. The van der Waals surface area contributed by atoms with Crippen LogP contribution in [-0.2, 0) is 0 Å². The lowest BCUT2D eigenvalue weighted by molar-refractivity contribution is -0.383. The van der Waals surface area contributed by atoms with E-state index in [-0.39, 0.29) is 5.69 Å². The van der Waals surface area contributed by atoms with E-state index in [0.717, 1.165) is 11.1 Å². The van der Waals surface area contributed by atoms with Gasteiger partial charge in [0.15, 0.2) is 0 Å². The molecule has 5 heteroatoms. The van der Waals surface area contributed by atoms with Gasteiger partial charge in [-0.25, -0.2) is 0 Å². The molecular formula is C11H9ClN2O2. The second-order valence-corrected chi connectivity index (χ2v) is 4.08. The van der Waals surface area contributed by atoms with E-state index in [1.807, 2.05) is 6.92 Å². The van der Waals surface area contributed by atoms with Crippen LogP contribution in [0.5, 0.6) is 0 Å². The van der Waals surface area contributed by atoms with E-state index < -0.39 is 4.92 Å². The van der Waals surface area contributed by atoms with Gasteiger partial charge in [-0.15, -0.1) is 0 Å². The summed E-state index contributed by atoms with van der Waals surface area (Å²) in [4.78, 5) is 14.7. The number of nitrogens with zero attached hydrogens (tertiary/aromatic N) is 2. The van der Waals surface area contributed by atoms with Gasteiger partial charge in [-0.3, -0.25) is 15.1 Å². The summed E-state index contributed by atoms with van der Waals surface area (Å²) in [5.74, 6) is 0. The summed E-state index contributed by atoms with van der Waals surface area (Å²) in [6, 6.07) is 3.13. The number of hydrogen-bond donors (Lipinski definition) is 0. The molecule has 0 saturated heterocycles. The molecule has 0 amide bonds. The van der Waals surface area contributed by atoms with E-state index in [4.69, 9.17) is 11.6 Å². The van der Waals surface area contributed by atoms with Crippen LogP contribution in [0.3, 0.4) is 0 Å². The third-order valence-electron chi connectivity index (χ3n) is 2.47. The van der Waals surface area contributed by atoms with Crippen molar-refractivity contribution in [3.05, 3.63) is 44.6 Å². The number of nitro groups is 1. The first kappa shape index (κ1) is 10.8. The summed E-state index contributed by atoms with van der Waals surface area (Å²) in [5, 5.41) is 11.8. The highest BCUT2D eigenvalue weighted by Gasteiger charge is 2.17. The van der Waals surface area contributed by atoms with Gasteiger partial charge >= 0.3 is 0 Å². The molecule has 0 unspecified atom stereocenters. The zero-order valence-corrected chi connectivity index (χ0v) is 9.58. The molecule has 4 nitrogen and oxygen atoms in total. The number of aromatic nitrogens is 1. The van der Waals surface area contributed by atoms with Crippen LogP contribution in [-0.4, -0.2) is 9.91 Å². The molecule has 0 N–H and O–H groups in total. The molecule has 82 valence electrons. The fraction of sp³-hybridized carbons (Fsp3) is 0.182. The molecule has 0 radical (unpaired) electrons. The van der Waals surface area contributed by atoms with Crippen molar-refractivity contribution in [1.29, 1.82) is 0 Å². The average Bonchev–Trinajstić information content (AvgIpc) is 2.22. The van der Waals surface area contributed by atoms with Crippen LogP contribution < -0.4 is 0 Å². The van der Waals surface area contributed by atoms with Crippen LogP contribution in [0.15, 0.2) is 18.3 Å². The van der Waals surface area contributed by atoms with Crippen molar-refractivity contribution in [3.63, 3.8) is 0 Å². The predicted octanol–water partition coefficient (Wildman–Crippen LogP) is 3.41. The van der Waals surface area contributed by atoms with Crippen LogP contribution in [0.2, 0.25) is 5.02 Å². The number of rotatable bonds is 1. The van der Waals surface area contributed by atoms with Crippen LogP contribution in [0.25, 0.3) is 10.9 Å². The smallest absolute Gasteiger partial charge is 0.258 e. The lowest BCUT2D eigenvalue weighted by Gasteiger charge is -2.05. The quantitative estimate of drug-likeness (QED) is 0.563. The molecule has 0 bridgehead atoms. The maximum Gasteiger partial charge on any atom is 0.280 e. The van der Waals surface area contributed by atoms with E-state index in [9.17, 15) is 10.1 Å². The van der Waals surface area contributed by atoms with Crippen molar-refractivity contribution in [2.24, 2.45) is 0 Å². The number of halogens is 1. The van der Waals surface area contributed by atoms with E-state index in [0.29, 0.717) is 15.9 Å². The Hall–Kier alpha value is -1.68. The van der Waals surface area contributed by atoms with Crippen molar-refractivity contribution in [3.8, 4) is 0 Å². The lowest BCUT2D eigenvalue weighted by atomic mass is 10.1. The summed E-state index contributed by atoms with van der Waals surface area (Å²) < 4.78 is 0. The minimum absolute atomic E-state index is 0.00167. The highest BCUT2D eigenvalue weighted by molar-refractivity contribution is 6.32.